The Labute approximate surface area is 96.9 Å². The van der Waals surface area contributed by atoms with Crippen LogP contribution in [0.1, 0.15) is 5.56 Å². The molecule has 0 bridgehead atoms. The lowest BCUT2D eigenvalue weighted by atomic mass is 10.2. The first-order chi connectivity index (χ1) is 8.02. The molecule has 0 aliphatic carbocycles. The Hall–Kier alpha value is -2.34. The van der Waals surface area contributed by atoms with Crippen LogP contribution in [0.25, 0.3) is 6.08 Å². The summed E-state index contributed by atoms with van der Waals surface area (Å²) in [6, 6.07) is 4.00. The molecule has 0 radical (unpaired) electrons. The molecule has 0 unspecified atom stereocenters. The van der Waals surface area contributed by atoms with Crippen molar-refractivity contribution in [2.24, 2.45) is 5.73 Å². The molecule has 0 saturated heterocycles. The van der Waals surface area contributed by atoms with Crippen molar-refractivity contribution in [1.29, 1.82) is 0 Å². The van der Waals surface area contributed by atoms with E-state index in [4.69, 9.17) is 10.8 Å². The van der Waals surface area contributed by atoms with Crippen molar-refractivity contribution >= 4 is 18.0 Å². The van der Waals surface area contributed by atoms with Gasteiger partial charge in [-0.2, -0.15) is 0 Å². The van der Waals surface area contributed by atoms with Crippen LogP contribution in [0.2, 0.25) is 0 Å². The smallest absolute Gasteiger partial charge is 0.338 e. The van der Waals surface area contributed by atoms with E-state index in [9.17, 15) is 14.7 Å². The summed E-state index contributed by atoms with van der Waals surface area (Å²) in [6.45, 7) is -0.375. The number of esters is 2. The SMILES string of the molecule is NCC(=O)OC(=O)/C=C/c1ccc(O)c(O)c1. The normalized spacial score (nSPS) is 10.4. The number of hydrogen-bond acceptors (Lipinski definition) is 6. The van der Waals surface area contributed by atoms with Crippen LogP contribution in [0.15, 0.2) is 24.3 Å². The summed E-state index contributed by atoms with van der Waals surface area (Å²) in [7, 11) is 0. The number of phenols is 2. The first-order valence-corrected chi connectivity index (χ1v) is 4.67. The molecule has 0 aliphatic heterocycles. The second kappa shape index (κ2) is 5.66. The van der Waals surface area contributed by atoms with Crippen LogP contribution in [-0.2, 0) is 14.3 Å². The summed E-state index contributed by atoms with van der Waals surface area (Å²) < 4.78 is 4.27. The number of ether oxygens (including phenoxy) is 1. The predicted octanol–water partition coefficient (Wildman–Crippen LogP) is 0.139. The predicted molar refractivity (Wildman–Crippen MR) is 59.0 cm³/mol. The number of phenolic OH excluding ortho intramolecular Hbond substituents is 2. The van der Waals surface area contributed by atoms with Gasteiger partial charge in [0.15, 0.2) is 11.5 Å². The third-order valence-corrected chi connectivity index (χ3v) is 1.79. The van der Waals surface area contributed by atoms with Crippen LogP contribution in [0.4, 0.5) is 0 Å². The molecule has 0 fully saturated rings. The Morgan fingerprint density at radius 3 is 2.59 bits per heavy atom. The van der Waals surface area contributed by atoms with Gasteiger partial charge in [-0.05, 0) is 23.8 Å². The molecule has 0 heterocycles. The molecule has 0 saturated carbocycles. The van der Waals surface area contributed by atoms with E-state index in [1.807, 2.05) is 0 Å². The van der Waals surface area contributed by atoms with Crippen LogP contribution in [-0.4, -0.2) is 28.7 Å². The summed E-state index contributed by atoms with van der Waals surface area (Å²) >= 11 is 0. The van der Waals surface area contributed by atoms with Crippen molar-refractivity contribution in [3.05, 3.63) is 29.8 Å². The fourth-order valence-electron chi connectivity index (χ4n) is 0.996. The summed E-state index contributed by atoms with van der Waals surface area (Å²) in [4.78, 5) is 21.7. The highest BCUT2D eigenvalue weighted by Gasteiger charge is 2.04. The second-order valence-electron chi connectivity index (χ2n) is 3.08. The minimum Gasteiger partial charge on any atom is -0.504 e. The molecule has 0 aromatic heterocycles. The lowest BCUT2D eigenvalue weighted by molar-refractivity contribution is -0.154. The highest BCUT2D eigenvalue weighted by Crippen LogP contribution is 2.25. The van der Waals surface area contributed by atoms with Crippen molar-refractivity contribution in [3.63, 3.8) is 0 Å². The maximum atomic E-state index is 11.0. The van der Waals surface area contributed by atoms with Crippen molar-refractivity contribution in [2.75, 3.05) is 6.54 Å². The van der Waals surface area contributed by atoms with E-state index in [1.54, 1.807) is 0 Å². The van der Waals surface area contributed by atoms with Gasteiger partial charge in [0.05, 0.1) is 6.54 Å². The first kappa shape index (κ1) is 12.7. The van der Waals surface area contributed by atoms with E-state index in [1.165, 1.54) is 24.3 Å². The Morgan fingerprint density at radius 1 is 1.29 bits per heavy atom. The second-order valence-corrected chi connectivity index (χ2v) is 3.08. The van der Waals surface area contributed by atoms with Crippen LogP contribution >= 0.6 is 0 Å². The van der Waals surface area contributed by atoms with Crippen LogP contribution in [0.3, 0.4) is 0 Å². The van der Waals surface area contributed by atoms with E-state index in [-0.39, 0.29) is 18.0 Å². The zero-order valence-electron chi connectivity index (χ0n) is 8.79. The zero-order chi connectivity index (χ0) is 12.8. The van der Waals surface area contributed by atoms with E-state index in [0.717, 1.165) is 6.08 Å². The highest BCUT2D eigenvalue weighted by molar-refractivity contribution is 5.95. The summed E-state index contributed by atoms with van der Waals surface area (Å²) in [5.41, 5.74) is 5.42. The molecule has 0 aliphatic rings. The minimum atomic E-state index is -0.854. The van der Waals surface area contributed by atoms with E-state index < -0.39 is 11.9 Å². The molecule has 0 atom stereocenters. The maximum Gasteiger partial charge on any atom is 0.338 e. The van der Waals surface area contributed by atoms with Crippen LogP contribution < -0.4 is 5.73 Å². The Morgan fingerprint density at radius 2 is 2.00 bits per heavy atom. The standard InChI is InChI=1S/C11H11NO5/c12-6-11(16)17-10(15)4-2-7-1-3-8(13)9(14)5-7/h1-5,13-14H,6,12H2/b4-2+. The Bertz CT molecular complexity index is 467. The third-order valence-electron chi connectivity index (χ3n) is 1.79. The van der Waals surface area contributed by atoms with Crippen molar-refractivity contribution in [2.45, 2.75) is 0 Å². The number of benzene rings is 1. The van der Waals surface area contributed by atoms with Crippen molar-refractivity contribution < 1.29 is 24.5 Å². The molecule has 0 spiro atoms. The summed E-state index contributed by atoms with van der Waals surface area (Å²) in [6.07, 6.45) is 2.34. The first-order valence-electron chi connectivity index (χ1n) is 4.67. The van der Waals surface area contributed by atoms with Gasteiger partial charge in [-0.3, -0.25) is 4.79 Å². The van der Waals surface area contributed by atoms with Crippen LogP contribution in [0.5, 0.6) is 11.5 Å². The van der Waals surface area contributed by atoms with Gasteiger partial charge in [0.1, 0.15) is 0 Å². The van der Waals surface area contributed by atoms with Crippen molar-refractivity contribution in [3.8, 4) is 11.5 Å². The number of nitrogens with two attached hydrogens (primary N) is 1. The van der Waals surface area contributed by atoms with E-state index >= 15 is 0 Å². The lowest BCUT2D eigenvalue weighted by Crippen LogP contribution is -2.19. The van der Waals surface area contributed by atoms with Gasteiger partial charge in [0.2, 0.25) is 0 Å². The van der Waals surface area contributed by atoms with Gasteiger partial charge < -0.3 is 20.7 Å². The molecule has 17 heavy (non-hydrogen) atoms. The van der Waals surface area contributed by atoms with Gasteiger partial charge in [0, 0.05) is 6.08 Å². The molecular formula is C11H11NO5. The quantitative estimate of drug-likeness (QED) is 0.298. The molecule has 1 rings (SSSR count). The molecule has 4 N–H and O–H groups in total. The molecule has 0 amide bonds. The fraction of sp³-hybridized carbons (Fsp3) is 0.0909. The van der Waals surface area contributed by atoms with Gasteiger partial charge in [0.25, 0.3) is 0 Å². The highest BCUT2D eigenvalue weighted by atomic mass is 16.6. The average molecular weight is 237 g/mol. The molecule has 6 nitrogen and oxygen atoms in total. The molecule has 1 aromatic carbocycles. The monoisotopic (exact) mass is 237 g/mol. The number of hydrogen-bond donors (Lipinski definition) is 3. The third kappa shape index (κ3) is 3.96. The Balaban J connectivity index is 2.67. The largest absolute Gasteiger partial charge is 0.504 e. The van der Waals surface area contributed by atoms with Crippen molar-refractivity contribution in [1.82, 2.24) is 0 Å². The summed E-state index contributed by atoms with van der Waals surface area (Å²) in [5, 5.41) is 18.2. The fourth-order valence-corrected chi connectivity index (χ4v) is 0.996. The van der Waals surface area contributed by atoms with Gasteiger partial charge in [-0.15, -0.1) is 0 Å². The topological polar surface area (TPSA) is 110 Å². The maximum absolute atomic E-state index is 11.0. The zero-order valence-corrected chi connectivity index (χ0v) is 8.79. The average Bonchev–Trinajstić information content (AvgIpc) is 2.30. The lowest BCUT2D eigenvalue weighted by Gasteiger charge is -1.98. The molecule has 90 valence electrons. The summed E-state index contributed by atoms with van der Waals surface area (Å²) in [5.74, 6) is -2.25. The van der Waals surface area contributed by atoms with Crippen LogP contribution in [0, 0.1) is 0 Å². The van der Waals surface area contributed by atoms with Gasteiger partial charge in [-0.25, -0.2) is 4.79 Å². The van der Waals surface area contributed by atoms with Gasteiger partial charge >= 0.3 is 11.9 Å². The van der Waals surface area contributed by atoms with Gasteiger partial charge in [-0.1, -0.05) is 6.07 Å². The molecular weight excluding hydrogens is 226 g/mol. The number of rotatable bonds is 3. The van der Waals surface area contributed by atoms with E-state index in [0.29, 0.717) is 5.56 Å². The minimum absolute atomic E-state index is 0.261. The molecule has 1 aromatic rings. The number of carbonyl (C=O) groups excluding carboxylic acids is 2. The number of carbonyl (C=O) groups is 2. The Kier molecular flexibility index (Phi) is 4.24. The van der Waals surface area contributed by atoms with E-state index in [2.05, 4.69) is 4.74 Å². The molecule has 6 heteroatoms. The number of aromatic hydroxyl groups is 2.